The standard InChI is InChI=1S/C17H26ClN3OS/c18-16-6-5-15(23-16)13-19-9-11-20(12-10-19)14-17(22)21-7-3-1-2-4-8-21/h5-6H,1-4,7-14H2. The number of carbonyl (C=O) groups is 1. The van der Waals surface area contributed by atoms with Gasteiger partial charge in [-0.05, 0) is 25.0 Å². The van der Waals surface area contributed by atoms with Gasteiger partial charge in [0.1, 0.15) is 0 Å². The maximum atomic E-state index is 12.5. The van der Waals surface area contributed by atoms with Gasteiger partial charge < -0.3 is 4.90 Å². The molecule has 0 spiro atoms. The Balaban J connectivity index is 1.40. The summed E-state index contributed by atoms with van der Waals surface area (Å²) in [5.41, 5.74) is 0. The zero-order valence-corrected chi connectivity index (χ0v) is 15.2. The van der Waals surface area contributed by atoms with Gasteiger partial charge in [0.05, 0.1) is 10.9 Å². The number of thiophene rings is 1. The molecule has 0 bridgehead atoms. The minimum absolute atomic E-state index is 0.324. The van der Waals surface area contributed by atoms with Gasteiger partial charge in [-0.3, -0.25) is 14.6 Å². The molecular formula is C17H26ClN3OS. The zero-order chi connectivity index (χ0) is 16.1. The first-order valence-corrected chi connectivity index (χ1v) is 9.87. The van der Waals surface area contributed by atoms with Crippen LogP contribution in [0.2, 0.25) is 4.34 Å². The lowest BCUT2D eigenvalue weighted by molar-refractivity contribution is -0.132. The van der Waals surface area contributed by atoms with E-state index in [1.807, 2.05) is 6.07 Å². The Morgan fingerprint density at radius 1 is 0.957 bits per heavy atom. The summed E-state index contributed by atoms with van der Waals surface area (Å²) in [7, 11) is 0. The maximum Gasteiger partial charge on any atom is 0.236 e. The quantitative estimate of drug-likeness (QED) is 0.830. The maximum absolute atomic E-state index is 12.5. The van der Waals surface area contributed by atoms with E-state index in [-0.39, 0.29) is 0 Å². The molecule has 0 aromatic carbocycles. The molecule has 23 heavy (non-hydrogen) atoms. The Labute approximate surface area is 148 Å². The summed E-state index contributed by atoms with van der Waals surface area (Å²) < 4.78 is 0.863. The summed E-state index contributed by atoms with van der Waals surface area (Å²) in [6.07, 6.45) is 4.89. The van der Waals surface area contributed by atoms with Gasteiger partial charge in [0.2, 0.25) is 5.91 Å². The van der Waals surface area contributed by atoms with Crippen LogP contribution in [0.15, 0.2) is 12.1 Å². The fourth-order valence-electron chi connectivity index (χ4n) is 3.37. The predicted octanol–water partition coefficient (Wildman–Crippen LogP) is 2.92. The molecule has 128 valence electrons. The van der Waals surface area contributed by atoms with Gasteiger partial charge in [-0.25, -0.2) is 0 Å². The molecule has 4 nitrogen and oxygen atoms in total. The molecule has 1 aromatic heterocycles. The van der Waals surface area contributed by atoms with E-state index in [0.717, 1.165) is 50.1 Å². The summed E-state index contributed by atoms with van der Waals surface area (Å²) >= 11 is 7.66. The molecule has 3 heterocycles. The van der Waals surface area contributed by atoms with Crippen LogP contribution in [0.25, 0.3) is 0 Å². The van der Waals surface area contributed by atoms with Crippen LogP contribution in [0.5, 0.6) is 0 Å². The predicted molar refractivity (Wildman–Crippen MR) is 96.1 cm³/mol. The molecule has 0 N–H and O–H groups in total. The van der Waals surface area contributed by atoms with E-state index in [9.17, 15) is 4.79 Å². The number of carbonyl (C=O) groups excluding carboxylic acids is 1. The number of halogens is 1. The first-order chi connectivity index (χ1) is 11.2. The largest absolute Gasteiger partial charge is 0.342 e. The molecule has 3 rings (SSSR count). The topological polar surface area (TPSA) is 26.8 Å². The number of nitrogens with zero attached hydrogens (tertiary/aromatic N) is 3. The molecule has 0 unspecified atom stereocenters. The van der Waals surface area contributed by atoms with Gasteiger partial charge >= 0.3 is 0 Å². The van der Waals surface area contributed by atoms with E-state index in [1.54, 1.807) is 11.3 Å². The Hall–Kier alpha value is -0.620. The van der Waals surface area contributed by atoms with Gasteiger partial charge in [0, 0.05) is 50.7 Å². The summed E-state index contributed by atoms with van der Waals surface area (Å²) in [4.78, 5) is 20.6. The van der Waals surface area contributed by atoms with Crippen molar-refractivity contribution >= 4 is 28.8 Å². The van der Waals surface area contributed by atoms with Crippen molar-refractivity contribution in [3.63, 3.8) is 0 Å². The normalized spacial score (nSPS) is 21.3. The lowest BCUT2D eigenvalue weighted by Crippen LogP contribution is -2.49. The highest BCUT2D eigenvalue weighted by atomic mass is 35.5. The molecule has 1 amide bonds. The van der Waals surface area contributed by atoms with Crippen molar-refractivity contribution in [3.8, 4) is 0 Å². The van der Waals surface area contributed by atoms with Crippen molar-refractivity contribution in [1.82, 2.24) is 14.7 Å². The van der Waals surface area contributed by atoms with Crippen molar-refractivity contribution in [3.05, 3.63) is 21.3 Å². The van der Waals surface area contributed by atoms with E-state index >= 15 is 0 Å². The molecule has 0 radical (unpaired) electrons. The van der Waals surface area contributed by atoms with Crippen LogP contribution in [-0.2, 0) is 11.3 Å². The number of piperazine rings is 1. The van der Waals surface area contributed by atoms with Crippen molar-refractivity contribution in [1.29, 1.82) is 0 Å². The zero-order valence-electron chi connectivity index (χ0n) is 13.7. The van der Waals surface area contributed by atoms with Crippen molar-refractivity contribution in [2.45, 2.75) is 32.2 Å². The second kappa shape index (κ2) is 8.47. The molecule has 2 saturated heterocycles. The van der Waals surface area contributed by atoms with Crippen molar-refractivity contribution in [2.24, 2.45) is 0 Å². The summed E-state index contributed by atoms with van der Waals surface area (Å²) in [5, 5.41) is 0. The van der Waals surface area contributed by atoms with Crippen molar-refractivity contribution < 1.29 is 4.79 Å². The van der Waals surface area contributed by atoms with Gasteiger partial charge in [0.15, 0.2) is 0 Å². The summed E-state index contributed by atoms with van der Waals surface area (Å²) in [6.45, 7) is 7.52. The van der Waals surface area contributed by atoms with E-state index < -0.39 is 0 Å². The fraction of sp³-hybridized carbons (Fsp3) is 0.706. The SMILES string of the molecule is O=C(CN1CCN(Cc2ccc(Cl)s2)CC1)N1CCCCCC1. The van der Waals surface area contributed by atoms with Crippen LogP contribution in [0.4, 0.5) is 0 Å². The number of hydrogen-bond donors (Lipinski definition) is 0. The van der Waals surface area contributed by atoms with Gasteiger partial charge in [-0.2, -0.15) is 0 Å². The average Bonchev–Trinajstić information content (AvgIpc) is 2.79. The second-order valence-electron chi connectivity index (χ2n) is 6.55. The molecule has 0 aliphatic carbocycles. The Morgan fingerprint density at radius 2 is 1.61 bits per heavy atom. The van der Waals surface area contributed by atoms with Gasteiger partial charge in [-0.15, -0.1) is 11.3 Å². The van der Waals surface area contributed by atoms with E-state index in [4.69, 9.17) is 11.6 Å². The minimum atomic E-state index is 0.324. The Morgan fingerprint density at radius 3 is 2.22 bits per heavy atom. The smallest absolute Gasteiger partial charge is 0.236 e. The molecule has 2 aliphatic rings. The lowest BCUT2D eigenvalue weighted by Gasteiger charge is -2.35. The molecular weight excluding hydrogens is 330 g/mol. The van der Waals surface area contributed by atoms with E-state index in [1.165, 1.54) is 30.6 Å². The third-order valence-electron chi connectivity index (χ3n) is 4.79. The van der Waals surface area contributed by atoms with Gasteiger partial charge in [0.25, 0.3) is 0 Å². The molecule has 6 heteroatoms. The third kappa shape index (κ3) is 5.18. The Bertz CT molecular complexity index is 506. The number of rotatable bonds is 4. The molecule has 2 aliphatic heterocycles. The first-order valence-electron chi connectivity index (χ1n) is 8.67. The summed E-state index contributed by atoms with van der Waals surface area (Å²) in [6, 6.07) is 4.08. The van der Waals surface area contributed by atoms with Crippen LogP contribution >= 0.6 is 22.9 Å². The van der Waals surface area contributed by atoms with Crippen LogP contribution in [0.3, 0.4) is 0 Å². The second-order valence-corrected chi connectivity index (χ2v) is 8.35. The molecule has 0 saturated carbocycles. The van der Waals surface area contributed by atoms with E-state index in [0.29, 0.717) is 12.5 Å². The minimum Gasteiger partial charge on any atom is -0.342 e. The van der Waals surface area contributed by atoms with E-state index in [2.05, 4.69) is 20.8 Å². The lowest BCUT2D eigenvalue weighted by atomic mass is 10.2. The van der Waals surface area contributed by atoms with Gasteiger partial charge in [-0.1, -0.05) is 24.4 Å². The fourth-order valence-corrected chi connectivity index (χ4v) is 4.50. The molecule has 2 fully saturated rings. The third-order valence-corrected chi connectivity index (χ3v) is 6.01. The molecule has 0 atom stereocenters. The van der Waals surface area contributed by atoms with Crippen LogP contribution in [-0.4, -0.2) is 66.4 Å². The Kier molecular flexibility index (Phi) is 6.34. The number of amides is 1. The van der Waals surface area contributed by atoms with Crippen LogP contribution < -0.4 is 0 Å². The van der Waals surface area contributed by atoms with Crippen LogP contribution in [0, 0.1) is 0 Å². The van der Waals surface area contributed by atoms with Crippen molar-refractivity contribution in [2.75, 3.05) is 45.8 Å². The highest BCUT2D eigenvalue weighted by Gasteiger charge is 2.22. The molecule has 1 aromatic rings. The number of likely N-dealkylation sites (tertiary alicyclic amines) is 1. The summed E-state index contributed by atoms with van der Waals surface area (Å²) in [5.74, 6) is 0.324. The highest BCUT2D eigenvalue weighted by Crippen LogP contribution is 2.23. The monoisotopic (exact) mass is 355 g/mol. The highest BCUT2D eigenvalue weighted by molar-refractivity contribution is 7.16. The van der Waals surface area contributed by atoms with Crippen LogP contribution in [0.1, 0.15) is 30.6 Å². The number of hydrogen-bond acceptors (Lipinski definition) is 4. The first kappa shape index (κ1) is 17.2. The average molecular weight is 356 g/mol.